The minimum absolute atomic E-state index is 0.0275. The number of hydrogen-bond donors (Lipinski definition) is 4. The maximum Gasteiger partial charge on any atom is 0.405 e. The molecule has 0 spiro atoms. The van der Waals surface area contributed by atoms with Gasteiger partial charge in [-0.1, -0.05) is 12.8 Å². The lowest BCUT2D eigenvalue weighted by Crippen LogP contribution is -2.58. The van der Waals surface area contributed by atoms with Crippen LogP contribution in [0.2, 0.25) is 0 Å². The summed E-state index contributed by atoms with van der Waals surface area (Å²) in [4.78, 5) is 38.2. The van der Waals surface area contributed by atoms with Crippen LogP contribution >= 0.6 is 0 Å². The highest BCUT2D eigenvalue weighted by atomic mass is 16.4. The molecule has 0 aromatic rings. The van der Waals surface area contributed by atoms with E-state index in [4.69, 9.17) is 10.8 Å². The van der Waals surface area contributed by atoms with Crippen molar-refractivity contribution >= 4 is 17.9 Å². The molecule has 0 bridgehead atoms. The standard InChI is InChI=1S/C16H26N4O4/c17-9-16(7-8-16)19-13(21)12-6-5-10-3-1-2-4-11(18-15(23)24)14(22)20(10)12/h10-12,18H,1-9,17H2,(H,19,21)(H,23,24)/t10-,11-,12-/m0/s1. The lowest BCUT2D eigenvalue weighted by atomic mass is 9.99. The molecule has 2 heterocycles. The second-order valence-electron chi connectivity index (χ2n) is 7.25. The van der Waals surface area contributed by atoms with E-state index in [2.05, 4.69) is 10.6 Å². The molecule has 1 aliphatic carbocycles. The average molecular weight is 338 g/mol. The molecule has 8 nitrogen and oxygen atoms in total. The van der Waals surface area contributed by atoms with E-state index in [0.29, 0.717) is 19.4 Å². The van der Waals surface area contributed by atoms with Crippen LogP contribution in [0.1, 0.15) is 51.4 Å². The van der Waals surface area contributed by atoms with E-state index in [-0.39, 0.29) is 23.4 Å². The molecule has 1 saturated carbocycles. The van der Waals surface area contributed by atoms with Gasteiger partial charge >= 0.3 is 6.09 Å². The normalized spacial score (nSPS) is 31.6. The molecule has 2 aliphatic heterocycles. The fraction of sp³-hybridized carbons (Fsp3) is 0.812. The molecule has 3 amide bonds. The van der Waals surface area contributed by atoms with Gasteiger partial charge in [0, 0.05) is 12.6 Å². The molecule has 3 fully saturated rings. The Kier molecular flexibility index (Phi) is 4.67. The smallest absolute Gasteiger partial charge is 0.405 e. The Balaban J connectivity index is 1.75. The van der Waals surface area contributed by atoms with Gasteiger partial charge in [0.25, 0.3) is 0 Å². The summed E-state index contributed by atoms with van der Waals surface area (Å²) >= 11 is 0. The molecule has 5 N–H and O–H groups in total. The van der Waals surface area contributed by atoms with Crippen molar-refractivity contribution in [2.24, 2.45) is 5.73 Å². The highest BCUT2D eigenvalue weighted by Gasteiger charge is 2.48. The summed E-state index contributed by atoms with van der Waals surface area (Å²) in [7, 11) is 0. The first-order chi connectivity index (χ1) is 11.5. The van der Waals surface area contributed by atoms with E-state index in [9.17, 15) is 14.4 Å². The first-order valence-corrected chi connectivity index (χ1v) is 8.79. The second-order valence-corrected chi connectivity index (χ2v) is 7.25. The highest BCUT2D eigenvalue weighted by Crippen LogP contribution is 2.36. The van der Waals surface area contributed by atoms with Crippen LogP contribution in [0, 0.1) is 0 Å². The second kappa shape index (κ2) is 6.58. The summed E-state index contributed by atoms with van der Waals surface area (Å²) in [6.45, 7) is 0.409. The van der Waals surface area contributed by atoms with Crippen LogP contribution in [0.15, 0.2) is 0 Å². The molecule has 8 heteroatoms. The summed E-state index contributed by atoms with van der Waals surface area (Å²) in [5, 5.41) is 14.3. The van der Waals surface area contributed by atoms with E-state index in [0.717, 1.165) is 38.5 Å². The monoisotopic (exact) mass is 338 g/mol. The van der Waals surface area contributed by atoms with E-state index in [1.54, 1.807) is 4.90 Å². The number of carboxylic acid groups (broad SMARTS) is 1. The third kappa shape index (κ3) is 3.33. The van der Waals surface area contributed by atoms with Gasteiger partial charge in [0.1, 0.15) is 12.1 Å². The largest absolute Gasteiger partial charge is 0.465 e. The predicted octanol–water partition coefficient (Wildman–Crippen LogP) is 0.164. The summed E-state index contributed by atoms with van der Waals surface area (Å²) in [6.07, 6.45) is 5.08. The van der Waals surface area contributed by atoms with Crippen molar-refractivity contribution in [3.8, 4) is 0 Å². The number of amides is 3. The van der Waals surface area contributed by atoms with Crippen molar-refractivity contribution in [1.82, 2.24) is 15.5 Å². The van der Waals surface area contributed by atoms with Gasteiger partial charge in [-0.2, -0.15) is 0 Å². The molecule has 24 heavy (non-hydrogen) atoms. The summed E-state index contributed by atoms with van der Waals surface area (Å²) in [6, 6.07) is -1.24. The topological polar surface area (TPSA) is 125 Å². The van der Waals surface area contributed by atoms with E-state index < -0.39 is 18.2 Å². The SMILES string of the molecule is NCC1(NC(=O)[C@@H]2CC[C@@H]3CCCC[C@H](NC(=O)O)C(=O)N32)CC1. The van der Waals surface area contributed by atoms with Gasteiger partial charge in [0.15, 0.2) is 0 Å². The van der Waals surface area contributed by atoms with Crippen LogP contribution in [-0.4, -0.2) is 58.1 Å². The summed E-state index contributed by atoms with van der Waals surface area (Å²) < 4.78 is 0. The molecule has 0 unspecified atom stereocenters. The molecule has 3 atom stereocenters. The minimum atomic E-state index is -1.20. The predicted molar refractivity (Wildman–Crippen MR) is 86.2 cm³/mol. The minimum Gasteiger partial charge on any atom is -0.465 e. The van der Waals surface area contributed by atoms with E-state index in [1.807, 2.05) is 0 Å². The number of nitrogens with one attached hydrogen (secondary N) is 2. The molecule has 0 aromatic carbocycles. The number of rotatable bonds is 4. The number of nitrogens with zero attached hydrogens (tertiary/aromatic N) is 1. The first kappa shape index (κ1) is 17.0. The molecule has 0 radical (unpaired) electrons. The average Bonchev–Trinajstić information content (AvgIpc) is 3.18. The van der Waals surface area contributed by atoms with Crippen LogP contribution in [0.25, 0.3) is 0 Å². The van der Waals surface area contributed by atoms with Gasteiger partial charge in [-0.25, -0.2) is 4.79 Å². The lowest BCUT2D eigenvalue weighted by Gasteiger charge is -2.35. The van der Waals surface area contributed by atoms with E-state index >= 15 is 0 Å². The van der Waals surface area contributed by atoms with Gasteiger partial charge in [-0.05, 0) is 38.5 Å². The fourth-order valence-corrected chi connectivity index (χ4v) is 3.95. The molecular formula is C16H26N4O4. The lowest BCUT2D eigenvalue weighted by molar-refractivity contribution is -0.143. The summed E-state index contributed by atoms with van der Waals surface area (Å²) in [5.74, 6) is -0.416. The molecule has 3 rings (SSSR count). The van der Waals surface area contributed by atoms with Gasteiger partial charge in [-0.3, -0.25) is 9.59 Å². The number of carbonyl (C=O) groups excluding carboxylic acids is 2. The van der Waals surface area contributed by atoms with Gasteiger partial charge < -0.3 is 26.4 Å². The Hall–Kier alpha value is -1.83. The number of hydrogen-bond acceptors (Lipinski definition) is 4. The third-order valence-corrected chi connectivity index (χ3v) is 5.57. The Morgan fingerprint density at radius 1 is 1.21 bits per heavy atom. The van der Waals surface area contributed by atoms with Crippen LogP contribution in [0.5, 0.6) is 0 Å². The first-order valence-electron chi connectivity index (χ1n) is 8.79. The Morgan fingerprint density at radius 3 is 2.54 bits per heavy atom. The quantitative estimate of drug-likeness (QED) is 0.581. The fourth-order valence-electron chi connectivity index (χ4n) is 3.95. The number of carbonyl (C=O) groups is 3. The highest BCUT2D eigenvalue weighted by molar-refractivity contribution is 5.92. The number of fused-ring (bicyclic) bond motifs is 1. The van der Waals surface area contributed by atoms with Crippen molar-refractivity contribution in [3.05, 3.63) is 0 Å². The van der Waals surface area contributed by atoms with Crippen molar-refractivity contribution in [3.63, 3.8) is 0 Å². The molecule has 2 saturated heterocycles. The van der Waals surface area contributed by atoms with Crippen LogP contribution in [0.4, 0.5) is 4.79 Å². The van der Waals surface area contributed by atoms with Gasteiger partial charge in [0.2, 0.25) is 11.8 Å². The zero-order valence-corrected chi connectivity index (χ0v) is 13.8. The van der Waals surface area contributed by atoms with Crippen molar-refractivity contribution in [1.29, 1.82) is 0 Å². The molecular weight excluding hydrogens is 312 g/mol. The van der Waals surface area contributed by atoms with Crippen molar-refractivity contribution < 1.29 is 19.5 Å². The van der Waals surface area contributed by atoms with Crippen LogP contribution in [-0.2, 0) is 9.59 Å². The molecule has 3 aliphatic rings. The zero-order valence-electron chi connectivity index (χ0n) is 13.8. The Bertz CT molecular complexity index is 534. The van der Waals surface area contributed by atoms with E-state index in [1.165, 1.54) is 0 Å². The van der Waals surface area contributed by atoms with Gasteiger partial charge in [-0.15, -0.1) is 0 Å². The maximum atomic E-state index is 12.9. The maximum absolute atomic E-state index is 12.9. The molecule has 134 valence electrons. The number of nitrogens with two attached hydrogens (primary N) is 1. The van der Waals surface area contributed by atoms with Crippen LogP contribution < -0.4 is 16.4 Å². The Morgan fingerprint density at radius 2 is 1.92 bits per heavy atom. The summed E-state index contributed by atoms with van der Waals surface area (Å²) in [5.41, 5.74) is 5.43. The molecule has 0 aromatic heterocycles. The third-order valence-electron chi connectivity index (χ3n) is 5.57. The van der Waals surface area contributed by atoms with Crippen molar-refractivity contribution in [2.45, 2.75) is 75.0 Å². The van der Waals surface area contributed by atoms with Crippen LogP contribution in [0.3, 0.4) is 0 Å². The zero-order chi connectivity index (χ0) is 17.3. The van der Waals surface area contributed by atoms with Crippen molar-refractivity contribution in [2.75, 3.05) is 6.54 Å². The Labute approximate surface area is 141 Å². The van der Waals surface area contributed by atoms with Gasteiger partial charge in [0.05, 0.1) is 5.54 Å².